The molecule has 0 radical (unpaired) electrons. The number of hydrogen-bond acceptors (Lipinski definition) is 2. The van der Waals surface area contributed by atoms with Gasteiger partial charge < -0.3 is 9.88 Å². The van der Waals surface area contributed by atoms with Crippen molar-refractivity contribution >= 4 is 22.8 Å². The monoisotopic (exact) mass is 354 g/mol. The maximum absolute atomic E-state index is 13.1. The van der Waals surface area contributed by atoms with Gasteiger partial charge in [0.1, 0.15) is 5.82 Å². The average molecular weight is 354 g/mol. The van der Waals surface area contributed by atoms with Crippen LogP contribution in [0.5, 0.6) is 0 Å². The van der Waals surface area contributed by atoms with Crippen LogP contribution in [0.25, 0.3) is 10.9 Å². The summed E-state index contributed by atoms with van der Waals surface area (Å²) in [5.41, 5.74) is 6.89. The summed E-state index contributed by atoms with van der Waals surface area (Å²) in [6, 6.07) is 13.2. The second-order valence-electron chi connectivity index (χ2n) is 5.89. The number of carbonyl (C=O) groups excluding carboxylic acids is 2. The molecule has 0 saturated heterocycles. The van der Waals surface area contributed by atoms with Crippen LogP contribution in [0.3, 0.4) is 0 Å². The number of fused-ring (bicyclic) bond motifs is 1. The number of benzene rings is 2. The van der Waals surface area contributed by atoms with Crippen molar-refractivity contribution in [2.24, 2.45) is 7.05 Å². The zero-order valence-electron chi connectivity index (χ0n) is 14.3. The van der Waals surface area contributed by atoms with Gasteiger partial charge in [0.15, 0.2) is 0 Å². The second kappa shape index (κ2) is 7.69. The van der Waals surface area contributed by atoms with Crippen LogP contribution in [-0.4, -0.2) is 23.1 Å². The van der Waals surface area contributed by atoms with Gasteiger partial charge in [0, 0.05) is 30.7 Å². The number of aryl methyl sites for hydroxylation is 1. The molecule has 1 heterocycles. The second-order valence-corrected chi connectivity index (χ2v) is 5.89. The summed E-state index contributed by atoms with van der Waals surface area (Å²) in [6.45, 7) is 0.319. The van der Waals surface area contributed by atoms with E-state index in [2.05, 4.69) is 16.2 Å². The Bertz CT molecular complexity index is 952. The normalized spacial score (nSPS) is 10.5. The zero-order chi connectivity index (χ0) is 18.5. The van der Waals surface area contributed by atoms with E-state index in [0.717, 1.165) is 16.5 Å². The van der Waals surface area contributed by atoms with Gasteiger partial charge in [-0.3, -0.25) is 10.2 Å². The molecule has 0 atom stereocenters. The predicted molar refractivity (Wildman–Crippen MR) is 97.0 cm³/mol. The van der Waals surface area contributed by atoms with Gasteiger partial charge >= 0.3 is 6.03 Å². The molecule has 0 unspecified atom stereocenters. The van der Waals surface area contributed by atoms with Crippen molar-refractivity contribution in [3.63, 3.8) is 0 Å². The van der Waals surface area contributed by atoms with Crippen LogP contribution >= 0.6 is 0 Å². The first-order chi connectivity index (χ1) is 12.5. The lowest BCUT2D eigenvalue weighted by molar-refractivity contribution is 0.0937. The Kier molecular flexibility index (Phi) is 5.17. The highest BCUT2D eigenvalue weighted by Gasteiger charge is 2.14. The van der Waals surface area contributed by atoms with Crippen molar-refractivity contribution in [1.82, 2.24) is 20.7 Å². The van der Waals surface area contributed by atoms with Crippen molar-refractivity contribution < 1.29 is 14.0 Å². The summed E-state index contributed by atoms with van der Waals surface area (Å²) in [4.78, 5) is 24.1. The summed E-state index contributed by atoms with van der Waals surface area (Å²) in [6.07, 6.45) is 2.20. The smallest absolute Gasteiger partial charge is 0.333 e. The molecule has 3 aromatic rings. The number of aromatic nitrogens is 1. The Labute approximate surface area is 150 Å². The van der Waals surface area contributed by atoms with E-state index in [1.165, 1.54) is 12.1 Å². The minimum absolute atomic E-state index is 0.311. The number of nitrogens with zero attached hydrogens (tertiary/aromatic N) is 1. The van der Waals surface area contributed by atoms with Gasteiger partial charge in [0.25, 0.3) is 5.91 Å². The minimum atomic E-state index is -0.532. The number of amides is 3. The van der Waals surface area contributed by atoms with Gasteiger partial charge in [-0.05, 0) is 30.2 Å². The number of para-hydroxylation sites is 1. The fourth-order valence-electron chi connectivity index (χ4n) is 2.76. The lowest BCUT2D eigenvalue weighted by atomic mass is 10.1. The van der Waals surface area contributed by atoms with Crippen LogP contribution in [0.2, 0.25) is 0 Å². The van der Waals surface area contributed by atoms with Crippen molar-refractivity contribution in [1.29, 1.82) is 0 Å². The number of hydrazine groups is 1. The van der Waals surface area contributed by atoms with Crippen LogP contribution in [0.15, 0.2) is 54.7 Å². The van der Waals surface area contributed by atoms with E-state index in [4.69, 9.17) is 0 Å². The molecule has 26 heavy (non-hydrogen) atoms. The van der Waals surface area contributed by atoms with Crippen molar-refractivity contribution in [2.45, 2.75) is 6.42 Å². The number of hydrogen-bond donors (Lipinski definition) is 3. The molecule has 0 bridgehead atoms. The topological polar surface area (TPSA) is 75.2 Å². The molecule has 134 valence electrons. The van der Waals surface area contributed by atoms with Gasteiger partial charge in [-0.1, -0.05) is 30.3 Å². The molecule has 7 heteroatoms. The first-order valence-corrected chi connectivity index (χ1v) is 8.17. The van der Waals surface area contributed by atoms with Gasteiger partial charge in [0.2, 0.25) is 0 Å². The molecule has 3 amide bonds. The number of urea groups is 1. The van der Waals surface area contributed by atoms with Crippen LogP contribution in [-0.2, 0) is 13.5 Å². The lowest BCUT2D eigenvalue weighted by Crippen LogP contribution is -2.47. The van der Waals surface area contributed by atoms with E-state index < -0.39 is 11.9 Å². The van der Waals surface area contributed by atoms with Crippen LogP contribution in [0.1, 0.15) is 15.9 Å². The third kappa shape index (κ3) is 4.00. The Morgan fingerprint density at radius 2 is 1.88 bits per heavy atom. The molecule has 3 rings (SSSR count). The molecule has 2 aromatic carbocycles. The van der Waals surface area contributed by atoms with Crippen LogP contribution < -0.4 is 16.2 Å². The summed E-state index contributed by atoms with van der Waals surface area (Å²) in [5.74, 6) is -0.712. The largest absolute Gasteiger partial charge is 0.350 e. The molecular formula is C19H19FN4O2. The first-order valence-electron chi connectivity index (χ1n) is 8.17. The first kappa shape index (κ1) is 17.5. The highest BCUT2D eigenvalue weighted by Crippen LogP contribution is 2.19. The molecule has 0 spiro atoms. The highest BCUT2D eigenvalue weighted by molar-refractivity contribution is 6.07. The van der Waals surface area contributed by atoms with E-state index in [-0.39, 0.29) is 5.82 Å². The van der Waals surface area contributed by atoms with Gasteiger partial charge in [-0.25, -0.2) is 14.6 Å². The summed E-state index contributed by atoms with van der Waals surface area (Å²) >= 11 is 0. The SMILES string of the molecule is Cn1cc(C(=O)NNC(=O)NCCc2cccc(F)c2)c2ccccc21. The quantitative estimate of drug-likeness (QED) is 0.630. The average Bonchev–Trinajstić information content (AvgIpc) is 2.97. The molecular weight excluding hydrogens is 335 g/mol. The fourth-order valence-corrected chi connectivity index (χ4v) is 2.76. The predicted octanol–water partition coefficient (Wildman–Crippen LogP) is 2.50. The molecule has 1 aromatic heterocycles. The number of rotatable bonds is 4. The number of halogens is 1. The van der Waals surface area contributed by atoms with E-state index in [9.17, 15) is 14.0 Å². The lowest BCUT2D eigenvalue weighted by Gasteiger charge is -2.09. The highest BCUT2D eigenvalue weighted by atomic mass is 19.1. The molecule has 0 aliphatic heterocycles. The minimum Gasteiger partial charge on any atom is -0.350 e. The number of nitrogens with one attached hydrogen (secondary N) is 3. The van der Waals surface area contributed by atoms with E-state index in [0.29, 0.717) is 18.5 Å². The third-order valence-electron chi connectivity index (χ3n) is 4.02. The molecule has 6 nitrogen and oxygen atoms in total. The van der Waals surface area contributed by atoms with Crippen molar-refractivity contribution in [3.8, 4) is 0 Å². The Morgan fingerprint density at radius 1 is 1.08 bits per heavy atom. The third-order valence-corrected chi connectivity index (χ3v) is 4.02. The molecule has 0 aliphatic rings. The fraction of sp³-hybridized carbons (Fsp3) is 0.158. The van der Waals surface area contributed by atoms with E-state index >= 15 is 0 Å². The Morgan fingerprint density at radius 3 is 2.69 bits per heavy atom. The maximum Gasteiger partial charge on any atom is 0.333 e. The van der Waals surface area contributed by atoms with Crippen molar-refractivity contribution in [3.05, 3.63) is 71.7 Å². The Balaban J connectivity index is 1.50. The van der Waals surface area contributed by atoms with E-state index in [1.807, 2.05) is 35.9 Å². The van der Waals surface area contributed by atoms with E-state index in [1.54, 1.807) is 18.3 Å². The molecule has 0 aliphatic carbocycles. The van der Waals surface area contributed by atoms with Gasteiger partial charge in [0.05, 0.1) is 5.56 Å². The number of carbonyl (C=O) groups is 2. The van der Waals surface area contributed by atoms with Crippen molar-refractivity contribution in [2.75, 3.05) is 6.54 Å². The Hall–Kier alpha value is -3.35. The maximum atomic E-state index is 13.1. The van der Waals surface area contributed by atoms with Gasteiger partial charge in [-0.2, -0.15) is 0 Å². The van der Waals surface area contributed by atoms with Crippen LogP contribution in [0.4, 0.5) is 9.18 Å². The molecule has 3 N–H and O–H groups in total. The molecule has 0 fully saturated rings. The summed E-state index contributed by atoms with van der Waals surface area (Å²) < 4.78 is 14.9. The molecule has 0 saturated carbocycles. The van der Waals surface area contributed by atoms with Gasteiger partial charge in [-0.15, -0.1) is 0 Å². The zero-order valence-corrected chi connectivity index (χ0v) is 14.3. The van der Waals surface area contributed by atoms with Crippen LogP contribution in [0, 0.1) is 5.82 Å². The summed E-state index contributed by atoms with van der Waals surface area (Å²) in [5, 5.41) is 3.41. The standard InChI is InChI=1S/C19H19FN4O2/c1-24-12-16(15-7-2-3-8-17(15)24)18(25)22-23-19(26)21-10-9-13-5-4-6-14(20)11-13/h2-8,11-12H,9-10H2,1H3,(H,22,25)(H2,21,23,26). The summed E-state index contributed by atoms with van der Waals surface area (Å²) in [7, 11) is 1.85.